The fraction of sp³-hybridized carbons (Fsp3) is 0.577. The van der Waals surface area contributed by atoms with Crippen molar-refractivity contribution in [2.45, 2.75) is 64.0 Å². The average molecular weight is 478 g/mol. The number of amides is 2. The van der Waals surface area contributed by atoms with Crippen LogP contribution >= 0.6 is 0 Å². The minimum Gasteiger partial charge on any atom is -0.367 e. The molecule has 1 aromatic heterocycles. The molecular weight excluding hydrogens is 442 g/mol. The van der Waals surface area contributed by atoms with E-state index in [0.29, 0.717) is 12.4 Å². The molecule has 35 heavy (non-hydrogen) atoms. The zero-order valence-electron chi connectivity index (χ0n) is 20.4. The van der Waals surface area contributed by atoms with E-state index in [1.165, 1.54) is 17.5 Å². The van der Waals surface area contributed by atoms with Crippen molar-refractivity contribution < 1.29 is 9.59 Å². The second-order valence-corrected chi connectivity index (χ2v) is 9.77. The zero-order chi connectivity index (χ0) is 24.6. The third-order valence-electron chi connectivity index (χ3n) is 7.05. The van der Waals surface area contributed by atoms with E-state index in [0.717, 1.165) is 58.0 Å². The summed E-state index contributed by atoms with van der Waals surface area (Å²) in [5.41, 5.74) is 3.24. The minimum absolute atomic E-state index is 0.00982. The van der Waals surface area contributed by atoms with Crippen LogP contribution in [0.1, 0.15) is 62.4 Å². The highest BCUT2D eigenvalue weighted by atomic mass is 16.2. The number of aromatic nitrogens is 2. The third kappa shape index (κ3) is 7.12. The molecule has 9 heteroatoms. The Morgan fingerprint density at radius 1 is 1.20 bits per heavy atom. The summed E-state index contributed by atoms with van der Waals surface area (Å²) < 4.78 is 0. The Morgan fingerprint density at radius 2 is 2.00 bits per heavy atom. The van der Waals surface area contributed by atoms with Crippen molar-refractivity contribution in [2.24, 2.45) is 5.92 Å². The molecule has 3 N–H and O–H groups in total. The normalized spacial score (nSPS) is 23.1. The Morgan fingerprint density at radius 3 is 2.77 bits per heavy atom. The Labute approximate surface area is 207 Å². The Kier molecular flexibility index (Phi) is 8.48. The number of nitrogens with zero attached hydrogens (tertiary/aromatic N) is 4. The Bertz CT molecular complexity index is 1020. The minimum atomic E-state index is -0.300. The molecule has 1 saturated carbocycles. The maximum atomic E-state index is 12.7. The molecule has 0 spiro atoms. The summed E-state index contributed by atoms with van der Waals surface area (Å²) in [6, 6.07) is 4.48. The van der Waals surface area contributed by atoms with Crippen LogP contribution in [0, 0.1) is 17.2 Å². The van der Waals surface area contributed by atoms with Crippen molar-refractivity contribution in [3.8, 4) is 6.07 Å². The van der Waals surface area contributed by atoms with E-state index < -0.39 is 0 Å². The molecule has 4 rings (SSSR count). The summed E-state index contributed by atoms with van der Waals surface area (Å²) in [7, 11) is 0. The first-order valence-electron chi connectivity index (χ1n) is 12.6. The number of hydrogen-bond acceptors (Lipinski definition) is 7. The van der Waals surface area contributed by atoms with Gasteiger partial charge >= 0.3 is 0 Å². The molecule has 2 amide bonds. The van der Waals surface area contributed by atoms with Crippen LogP contribution in [0.2, 0.25) is 0 Å². The molecule has 2 heterocycles. The number of hydrogen-bond donors (Lipinski definition) is 3. The molecule has 1 fully saturated rings. The van der Waals surface area contributed by atoms with E-state index in [2.05, 4.69) is 49.0 Å². The van der Waals surface area contributed by atoms with Gasteiger partial charge in [-0.15, -0.1) is 0 Å². The lowest BCUT2D eigenvalue weighted by Gasteiger charge is -2.32. The largest absolute Gasteiger partial charge is 0.367 e. The van der Waals surface area contributed by atoms with Crippen molar-refractivity contribution in [3.05, 3.63) is 41.4 Å². The van der Waals surface area contributed by atoms with Crippen molar-refractivity contribution in [1.82, 2.24) is 25.5 Å². The summed E-state index contributed by atoms with van der Waals surface area (Å²) in [6.07, 6.45) is 12.8. The second kappa shape index (κ2) is 11.9. The first kappa shape index (κ1) is 24.9. The molecular formula is C26H35N7O2. The molecule has 0 radical (unpaired) electrons. The van der Waals surface area contributed by atoms with Crippen LogP contribution in [0.3, 0.4) is 0 Å². The lowest BCUT2D eigenvalue weighted by molar-refractivity contribution is -0.119. The second-order valence-electron chi connectivity index (χ2n) is 9.77. The molecule has 1 aliphatic heterocycles. The predicted octanol–water partition coefficient (Wildman–Crippen LogP) is 2.56. The van der Waals surface area contributed by atoms with Gasteiger partial charge in [-0.25, -0.2) is 9.97 Å². The monoisotopic (exact) mass is 477 g/mol. The molecule has 3 aliphatic rings. The van der Waals surface area contributed by atoms with Gasteiger partial charge in [0.05, 0.1) is 12.0 Å². The highest BCUT2D eigenvalue weighted by Crippen LogP contribution is 2.27. The number of carbonyl (C=O) groups is 2. The van der Waals surface area contributed by atoms with Crippen molar-refractivity contribution in [2.75, 3.05) is 31.5 Å². The van der Waals surface area contributed by atoms with Gasteiger partial charge in [-0.2, -0.15) is 5.26 Å². The van der Waals surface area contributed by atoms with Gasteiger partial charge in [0.15, 0.2) is 0 Å². The quantitative estimate of drug-likeness (QED) is 0.526. The molecule has 0 bridgehead atoms. The van der Waals surface area contributed by atoms with Crippen molar-refractivity contribution >= 4 is 17.6 Å². The summed E-state index contributed by atoms with van der Waals surface area (Å²) in [6.45, 7) is 4.35. The molecule has 186 valence electrons. The van der Waals surface area contributed by atoms with E-state index in [4.69, 9.17) is 0 Å². The lowest BCUT2D eigenvalue weighted by Crippen LogP contribution is -2.40. The standard InChI is InChI=1S/C26H35N7O2/c1-18(34)31-22-6-8-23(9-7-22)32-25-12-24(29-17-30-25)26(35)28-14-19(13-27)15-33-11-10-20-4-2-3-5-21(20)16-33/h2,4,12,17,19,22-23H,3,5-11,14-16H2,1H3,(H,28,35)(H,31,34)(H,29,30,32)/t19-,22-,23-/m0/s1. The van der Waals surface area contributed by atoms with Gasteiger partial charge in [-0.1, -0.05) is 17.7 Å². The topological polar surface area (TPSA) is 123 Å². The predicted molar refractivity (Wildman–Crippen MR) is 133 cm³/mol. The number of carbonyl (C=O) groups excluding carboxylic acids is 2. The van der Waals surface area contributed by atoms with Gasteiger partial charge in [0, 0.05) is 51.3 Å². The molecule has 0 unspecified atom stereocenters. The zero-order valence-corrected chi connectivity index (χ0v) is 20.4. The number of rotatable bonds is 8. The van der Waals surface area contributed by atoms with Gasteiger partial charge in [0.2, 0.25) is 5.91 Å². The SMILES string of the molecule is CC(=O)N[C@H]1CC[C@H](Nc2cc(C(=O)NC[C@H](C#N)CN3CCC4=C(CCC=C4)C3)ncn2)CC1. The van der Waals surface area contributed by atoms with Crippen LogP contribution in [-0.4, -0.2) is 64.9 Å². The molecule has 0 aromatic carbocycles. The van der Waals surface area contributed by atoms with Crippen LogP contribution < -0.4 is 16.0 Å². The molecule has 1 aromatic rings. The first-order chi connectivity index (χ1) is 17.0. The van der Waals surface area contributed by atoms with Gasteiger partial charge in [-0.05, 0) is 50.5 Å². The average Bonchev–Trinajstić information content (AvgIpc) is 2.87. The van der Waals surface area contributed by atoms with Crippen LogP contribution in [-0.2, 0) is 4.79 Å². The van der Waals surface area contributed by atoms with Gasteiger partial charge in [0.1, 0.15) is 17.8 Å². The summed E-state index contributed by atoms with van der Waals surface area (Å²) in [4.78, 5) is 34.7. The highest BCUT2D eigenvalue weighted by molar-refractivity contribution is 5.92. The van der Waals surface area contributed by atoms with Crippen LogP contribution in [0.15, 0.2) is 35.7 Å². The van der Waals surface area contributed by atoms with Gasteiger partial charge in [0.25, 0.3) is 5.91 Å². The maximum Gasteiger partial charge on any atom is 0.270 e. The van der Waals surface area contributed by atoms with E-state index in [-0.39, 0.29) is 42.1 Å². The van der Waals surface area contributed by atoms with Crippen LogP contribution in [0.4, 0.5) is 5.82 Å². The van der Waals surface area contributed by atoms with Crippen LogP contribution in [0.5, 0.6) is 0 Å². The molecule has 2 aliphatic carbocycles. The van der Waals surface area contributed by atoms with E-state index in [9.17, 15) is 14.9 Å². The Balaban J connectivity index is 1.24. The van der Waals surface area contributed by atoms with Gasteiger partial charge in [-0.3, -0.25) is 14.5 Å². The maximum absolute atomic E-state index is 12.7. The fourth-order valence-electron chi connectivity index (χ4n) is 5.19. The van der Waals surface area contributed by atoms with Crippen molar-refractivity contribution in [3.63, 3.8) is 0 Å². The molecule has 9 nitrogen and oxygen atoms in total. The smallest absolute Gasteiger partial charge is 0.270 e. The molecule has 1 atom stereocenters. The lowest BCUT2D eigenvalue weighted by atomic mass is 9.91. The number of nitriles is 1. The molecule has 0 saturated heterocycles. The van der Waals surface area contributed by atoms with Gasteiger partial charge < -0.3 is 16.0 Å². The van der Waals surface area contributed by atoms with E-state index in [1.807, 2.05) is 0 Å². The summed E-state index contributed by atoms with van der Waals surface area (Å²) in [5.74, 6) is 0.0454. The Hall–Kier alpha value is -3.25. The highest BCUT2D eigenvalue weighted by Gasteiger charge is 2.24. The number of allylic oxidation sites excluding steroid dienone is 2. The number of anilines is 1. The van der Waals surface area contributed by atoms with E-state index in [1.54, 1.807) is 13.0 Å². The summed E-state index contributed by atoms with van der Waals surface area (Å²) >= 11 is 0. The van der Waals surface area contributed by atoms with Crippen LogP contribution in [0.25, 0.3) is 0 Å². The van der Waals surface area contributed by atoms with E-state index >= 15 is 0 Å². The first-order valence-corrected chi connectivity index (χ1v) is 12.6. The number of nitrogens with one attached hydrogen (secondary N) is 3. The fourth-order valence-corrected chi connectivity index (χ4v) is 5.19. The summed E-state index contributed by atoms with van der Waals surface area (Å²) in [5, 5.41) is 18.9. The van der Waals surface area contributed by atoms with Crippen molar-refractivity contribution in [1.29, 1.82) is 5.26 Å². The third-order valence-corrected chi connectivity index (χ3v) is 7.05.